The fourth-order valence-electron chi connectivity index (χ4n) is 4.64. The SMILES string of the molecule is CCCCCc1cc(O)c(CC=C(C)CCC=C(C)C)c(O)c1S(=O)(=O)N1CC2(CNC2)C1. The normalized spacial score (nSPS) is 18.1. The Labute approximate surface area is 199 Å². The number of sulfonamides is 1. The Morgan fingerprint density at radius 3 is 2.42 bits per heavy atom. The van der Waals surface area contributed by atoms with Gasteiger partial charge in [0.1, 0.15) is 16.4 Å². The lowest BCUT2D eigenvalue weighted by Gasteiger charge is -2.55. The number of unbranched alkanes of at least 4 members (excludes halogenated alkanes) is 2. The highest BCUT2D eigenvalue weighted by molar-refractivity contribution is 7.89. The number of hydrogen-bond donors (Lipinski definition) is 3. The van der Waals surface area contributed by atoms with Crippen molar-refractivity contribution in [1.82, 2.24) is 9.62 Å². The molecule has 0 radical (unpaired) electrons. The lowest BCUT2D eigenvalue weighted by Crippen LogP contribution is -2.71. The van der Waals surface area contributed by atoms with Crippen LogP contribution >= 0.6 is 0 Å². The van der Waals surface area contributed by atoms with Crippen LogP contribution in [0.25, 0.3) is 0 Å². The summed E-state index contributed by atoms with van der Waals surface area (Å²) in [5, 5.41) is 25.1. The van der Waals surface area contributed by atoms with Crippen LogP contribution in [0.15, 0.2) is 34.3 Å². The first-order chi connectivity index (χ1) is 15.6. The molecule has 33 heavy (non-hydrogen) atoms. The van der Waals surface area contributed by atoms with Crippen LogP contribution in [0.1, 0.15) is 70.9 Å². The molecule has 0 atom stereocenters. The summed E-state index contributed by atoms with van der Waals surface area (Å²) >= 11 is 0. The van der Waals surface area contributed by atoms with Gasteiger partial charge in [0.25, 0.3) is 0 Å². The number of nitrogens with one attached hydrogen (secondary N) is 1. The Hall–Kier alpha value is -1.83. The largest absolute Gasteiger partial charge is 0.508 e. The van der Waals surface area contributed by atoms with E-state index in [-0.39, 0.29) is 27.4 Å². The monoisotopic (exact) mass is 476 g/mol. The van der Waals surface area contributed by atoms with Crippen LogP contribution in [0.3, 0.4) is 0 Å². The smallest absolute Gasteiger partial charge is 0.247 e. The third kappa shape index (κ3) is 5.81. The van der Waals surface area contributed by atoms with E-state index in [0.29, 0.717) is 31.5 Å². The molecule has 0 amide bonds. The van der Waals surface area contributed by atoms with Gasteiger partial charge in [0.2, 0.25) is 10.0 Å². The fourth-order valence-corrected chi connectivity index (χ4v) is 6.64. The van der Waals surface area contributed by atoms with E-state index in [9.17, 15) is 18.6 Å². The maximum atomic E-state index is 13.6. The summed E-state index contributed by atoms with van der Waals surface area (Å²) in [6.45, 7) is 10.9. The van der Waals surface area contributed by atoms with Crippen molar-refractivity contribution in [3.05, 3.63) is 40.5 Å². The summed E-state index contributed by atoms with van der Waals surface area (Å²) in [4.78, 5) is -0.0101. The van der Waals surface area contributed by atoms with Gasteiger partial charge in [0.05, 0.1) is 0 Å². The predicted octanol–water partition coefficient (Wildman–Crippen LogP) is 4.66. The number of phenols is 2. The van der Waals surface area contributed by atoms with Gasteiger partial charge in [0.15, 0.2) is 0 Å². The molecule has 0 aliphatic carbocycles. The molecule has 2 heterocycles. The zero-order valence-corrected chi connectivity index (χ0v) is 21.4. The number of nitrogens with zero attached hydrogens (tertiary/aromatic N) is 1. The van der Waals surface area contributed by atoms with Crippen molar-refractivity contribution in [2.24, 2.45) is 5.41 Å². The van der Waals surface area contributed by atoms with Crippen molar-refractivity contribution in [2.75, 3.05) is 26.2 Å². The first-order valence-corrected chi connectivity index (χ1v) is 13.6. The van der Waals surface area contributed by atoms with Gasteiger partial charge in [-0.3, -0.25) is 0 Å². The van der Waals surface area contributed by atoms with Crippen molar-refractivity contribution in [3.8, 4) is 11.5 Å². The van der Waals surface area contributed by atoms with Crippen LogP contribution < -0.4 is 5.32 Å². The second-order valence-electron chi connectivity index (χ2n) is 10.1. The van der Waals surface area contributed by atoms with Gasteiger partial charge in [0, 0.05) is 37.2 Å². The Morgan fingerprint density at radius 1 is 1.15 bits per heavy atom. The van der Waals surface area contributed by atoms with E-state index in [4.69, 9.17) is 0 Å². The number of hydrogen-bond acceptors (Lipinski definition) is 5. The van der Waals surface area contributed by atoms with E-state index in [0.717, 1.165) is 50.8 Å². The quantitative estimate of drug-likeness (QED) is 0.319. The lowest BCUT2D eigenvalue weighted by atomic mass is 9.76. The number of aromatic hydroxyl groups is 2. The molecular weight excluding hydrogens is 436 g/mol. The predicted molar refractivity (Wildman–Crippen MR) is 133 cm³/mol. The standard InChI is InChI=1S/C26H40N2O4S/c1-5-6-7-11-21-14-23(29)22(13-12-20(4)10-8-9-19(2)3)24(30)25(21)33(31,32)28-17-26(18-28)15-27-16-26/h9,12,14,27,29-30H,5-8,10-11,13,15-18H2,1-4H3. The van der Waals surface area contributed by atoms with Crippen molar-refractivity contribution in [1.29, 1.82) is 0 Å². The maximum absolute atomic E-state index is 13.6. The summed E-state index contributed by atoms with van der Waals surface area (Å²) < 4.78 is 28.6. The van der Waals surface area contributed by atoms with Crippen molar-refractivity contribution >= 4 is 10.0 Å². The molecule has 6 nitrogen and oxygen atoms in total. The van der Waals surface area contributed by atoms with Crippen molar-refractivity contribution < 1.29 is 18.6 Å². The van der Waals surface area contributed by atoms with E-state index in [1.165, 1.54) is 9.88 Å². The van der Waals surface area contributed by atoms with Gasteiger partial charge in [-0.25, -0.2) is 8.42 Å². The van der Waals surface area contributed by atoms with Gasteiger partial charge in [-0.15, -0.1) is 0 Å². The van der Waals surface area contributed by atoms with Crippen LogP contribution in [0.4, 0.5) is 0 Å². The molecule has 2 aliphatic heterocycles. The summed E-state index contributed by atoms with van der Waals surface area (Å²) in [5.41, 5.74) is 3.27. The van der Waals surface area contributed by atoms with E-state index < -0.39 is 10.0 Å². The molecule has 3 N–H and O–H groups in total. The number of phenolic OH excluding ortho intramolecular Hbond substituents is 2. The number of rotatable bonds is 11. The molecular formula is C26H40N2O4S. The minimum Gasteiger partial charge on any atom is -0.508 e. The molecule has 1 aromatic carbocycles. The molecule has 0 saturated carbocycles. The molecule has 7 heteroatoms. The molecule has 0 unspecified atom stereocenters. The molecule has 2 saturated heterocycles. The Kier molecular flexibility index (Phi) is 8.30. The second-order valence-corrected chi connectivity index (χ2v) is 12.0. The highest BCUT2D eigenvalue weighted by Crippen LogP contribution is 2.44. The topological polar surface area (TPSA) is 89.9 Å². The van der Waals surface area contributed by atoms with E-state index >= 15 is 0 Å². The highest BCUT2D eigenvalue weighted by Gasteiger charge is 2.52. The third-order valence-electron chi connectivity index (χ3n) is 6.83. The molecule has 1 spiro atoms. The van der Waals surface area contributed by atoms with Gasteiger partial charge in [-0.05, 0) is 64.5 Å². The molecule has 3 rings (SSSR count). The van der Waals surface area contributed by atoms with Crippen LogP contribution in [0.2, 0.25) is 0 Å². The summed E-state index contributed by atoms with van der Waals surface area (Å²) in [6.07, 6.45) is 9.58. The molecule has 0 bridgehead atoms. The molecule has 0 aromatic heterocycles. The average molecular weight is 477 g/mol. The molecule has 2 aliphatic rings. The fraction of sp³-hybridized carbons (Fsp3) is 0.615. The van der Waals surface area contributed by atoms with E-state index in [1.807, 2.05) is 13.0 Å². The Morgan fingerprint density at radius 2 is 1.85 bits per heavy atom. The summed E-state index contributed by atoms with van der Waals surface area (Å²) in [7, 11) is -3.83. The number of aryl methyl sites for hydroxylation is 1. The number of benzene rings is 1. The maximum Gasteiger partial charge on any atom is 0.247 e. The highest BCUT2D eigenvalue weighted by atomic mass is 32.2. The van der Waals surface area contributed by atoms with Gasteiger partial charge in [-0.1, -0.05) is 43.1 Å². The van der Waals surface area contributed by atoms with Crippen molar-refractivity contribution in [3.63, 3.8) is 0 Å². The van der Waals surface area contributed by atoms with Gasteiger partial charge in [-0.2, -0.15) is 4.31 Å². The summed E-state index contributed by atoms with van der Waals surface area (Å²) in [6, 6.07) is 1.56. The zero-order chi connectivity index (χ0) is 24.2. The van der Waals surface area contributed by atoms with Gasteiger partial charge < -0.3 is 15.5 Å². The zero-order valence-electron chi connectivity index (χ0n) is 20.6. The van der Waals surface area contributed by atoms with E-state index in [1.54, 1.807) is 6.07 Å². The van der Waals surface area contributed by atoms with Crippen LogP contribution in [-0.4, -0.2) is 49.1 Å². The summed E-state index contributed by atoms with van der Waals surface area (Å²) in [5.74, 6) is -0.322. The van der Waals surface area contributed by atoms with Crippen LogP contribution in [0.5, 0.6) is 11.5 Å². The van der Waals surface area contributed by atoms with Crippen molar-refractivity contribution in [2.45, 2.75) is 77.5 Å². The first kappa shape index (κ1) is 25.8. The minimum absolute atomic E-state index is 0.0101. The third-order valence-corrected chi connectivity index (χ3v) is 8.74. The molecule has 2 fully saturated rings. The van der Waals surface area contributed by atoms with Crippen LogP contribution in [0, 0.1) is 5.41 Å². The van der Waals surface area contributed by atoms with E-state index in [2.05, 4.69) is 32.2 Å². The molecule has 184 valence electrons. The van der Waals surface area contributed by atoms with Crippen LogP contribution in [-0.2, 0) is 22.9 Å². The van der Waals surface area contributed by atoms with Gasteiger partial charge >= 0.3 is 0 Å². The Bertz CT molecular complexity index is 1010. The first-order valence-electron chi connectivity index (χ1n) is 12.2. The Balaban J connectivity index is 1.89. The molecule has 1 aromatic rings. The average Bonchev–Trinajstić information content (AvgIpc) is 2.64. The second kappa shape index (κ2) is 10.6. The number of allylic oxidation sites excluding steroid dienone is 4. The lowest BCUT2D eigenvalue weighted by molar-refractivity contribution is 0.0163. The minimum atomic E-state index is -3.83.